The second-order valence-electron chi connectivity index (χ2n) is 7.50. The Bertz CT molecular complexity index is 813. The summed E-state index contributed by atoms with van der Waals surface area (Å²) in [7, 11) is 0. The summed E-state index contributed by atoms with van der Waals surface area (Å²) in [5, 5.41) is 4.32. The van der Waals surface area contributed by atoms with Gasteiger partial charge in [-0.1, -0.05) is 36.8 Å². The molecule has 1 atom stereocenters. The Labute approximate surface area is 161 Å². The number of hydrogen-bond donors (Lipinski definition) is 0. The number of piperidine rings is 1. The zero-order valence-corrected chi connectivity index (χ0v) is 15.9. The van der Waals surface area contributed by atoms with Crippen molar-refractivity contribution in [2.45, 2.75) is 51.2 Å². The van der Waals surface area contributed by atoms with E-state index in [2.05, 4.69) is 51.4 Å². The van der Waals surface area contributed by atoms with Gasteiger partial charge in [-0.25, -0.2) is 0 Å². The maximum Gasteiger partial charge on any atom is 0.0659 e. The Morgan fingerprint density at radius 2 is 1.85 bits per heavy atom. The predicted molar refractivity (Wildman–Crippen MR) is 108 cm³/mol. The van der Waals surface area contributed by atoms with E-state index in [0.29, 0.717) is 6.04 Å². The summed E-state index contributed by atoms with van der Waals surface area (Å²) in [5.74, 6) is 0. The molecule has 0 aliphatic carbocycles. The molecule has 1 aliphatic heterocycles. The fraction of sp³-hybridized carbons (Fsp3) is 0.391. The smallest absolute Gasteiger partial charge is 0.0659 e. The minimum Gasteiger partial charge on any atom is -0.296 e. The predicted octanol–water partition coefficient (Wildman–Crippen LogP) is 4.31. The molecule has 140 valence electrons. The van der Waals surface area contributed by atoms with Gasteiger partial charge in [0.2, 0.25) is 0 Å². The first-order valence-electron chi connectivity index (χ1n) is 10.1. The lowest BCUT2D eigenvalue weighted by Crippen LogP contribution is -2.39. The summed E-state index contributed by atoms with van der Waals surface area (Å²) >= 11 is 0. The van der Waals surface area contributed by atoms with Gasteiger partial charge in [-0.2, -0.15) is 5.10 Å². The fourth-order valence-electron chi connectivity index (χ4n) is 4.10. The van der Waals surface area contributed by atoms with Gasteiger partial charge in [0.25, 0.3) is 0 Å². The lowest BCUT2D eigenvalue weighted by Gasteiger charge is -2.36. The number of likely N-dealkylation sites (tertiary alicyclic amines) is 1. The molecule has 2 aromatic heterocycles. The van der Waals surface area contributed by atoms with Crippen LogP contribution in [0.4, 0.5) is 0 Å². The highest BCUT2D eigenvalue weighted by Gasteiger charge is 2.22. The molecule has 1 fully saturated rings. The number of aryl methyl sites for hydroxylation is 1. The molecule has 4 rings (SSSR count). The summed E-state index contributed by atoms with van der Waals surface area (Å²) in [4.78, 5) is 7.17. The highest BCUT2D eigenvalue weighted by molar-refractivity contribution is 5.24. The van der Waals surface area contributed by atoms with Crippen LogP contribution in [-0.2, 0) is 19.5 Å². The van der Waals surface area contributed by atoms with Crippen LogP contribution in [0.1, 0.15) is 42.5 Å². The van der Waals surface area contributed by atoms with E-state index in [-0.39, 0.29) is 0 Å². The third kappa shape index (κ3) is 5.04. The van der Waals surface area contributed by atoms with E-state index in [0.717, 1.165) is 19.5 Å². The van der Waals surface area contributed by atoms with Crippen molar-refractivity contribution in [3.8, 4) is 0 Å². The van der Waals surface area contributed by atoms with Crippen LogP contribution in [0.5, 0.6) is 0 Å². The van der Waals surface area contributed by atoms with Crippen molar-refractivity contribution in [1.29, 1.82) is 0 Å². The number of pyridine rings is 1. The molecule has 4 nitrogen and oxygen atoms in total. The van der Waals surface area contributed by atoms with Crippen LogP contribution < -0.4 is 0 Å². The second-order valence-corrected chi connectivity index (χ2v) is 7.50. The molecule has 4 heteroatoms. The minimum atomic E-state index is 0.663. The Hall–Kier alpha value is -2.46. The Morgan fingerprint density at radius 1 is 0.926 bits per heavy atom. The Balaban J connectivity index is 1.39. The molecule has 27 heavy (non-hydrogen) atoms. The van der Waals surface area contributed by atoms with Crippen LogP contribution in [0.2, 0.25) is 0 Å². The number of nitrogens with zero attached hydrogens (tertiary/aromatic N) is 4. The van der Waals surface area contributed by atoms with Crippen molar-refractivity contribution in [3.05, 3.63) is 83.9 Å². The van der Waals surface area contributed by atoms with Crippen LogP contribution >= 0.6 is 0 Å². The van der Waals surface area contributed by atoms with Crippen LogP contribution in [0, 0.1) is 0 Å². The van der Waals surface area contributed by atoms with Gasteiger partial charge < -0.3 is 0 Å². The summed E-state index contributed by atoms with van der Waals surface area (Å²) in [6.45, 7) is 3.08. The molecule has 1 aliphatic rings. The van der Waals surface area contributed by atoms with Crippen LogP contribution in [0.25, 0.3) is 0 Å². The number of aromatic nitrogens is 3. The van der Waals surface area contributed by atoms with E-state index >= 15 is 0 Å². The first-order chi connectivity index (χ1) is 13.4. The van der Waals surface area contributed by atoms with E-state index < -0.39 is 0 Å². The van der Waals surface area contributed by atoms with Crippen molar-refractivity contribution < 1.29 is 0 Å². The van der Waals surface area contributed by atoms with Gasteiger partial charge >= 0.3 is 0 Å². The Kier molecular flexibility index (Phi) is 5.95. The monoisotopic (exact) mass is 360 g/mol. The number of rotatable bonds is 7. The van der Waals surface area contributed by atoms with Crippen LogP contribution in [0.15, 0.2) is 67.1 Å². The molecule has 0 amide bonds. The van der Waals surface area contributed by atoms with E-state index in [9.17, 15) is 0 Å². The number of benzene rings is 1. The molecule has 0 bridgehead atoms. The topological polar surface area (TPSA) is 34.0 Å². The fourth-order valence-corrected chi connectivity index (χ4v) is 4.10. The third-order valence-corrected chi connectivity index (χ3v) is 5.49. The minimum absolute atomic E-state index is 0.663. The van der Waals surface area contributed by atoms with Gasteiger partial charge in [0.1, 0.15) is 0 Å². The normalized spacial score (nSPS) is 17.9. The summed E-state index contributed by atoms with van der Waals surface area (Å²) in [6, 6.07) is 17.8. The third-order valence-electron chi connectivity index (χ3n) is 5.49. The molecule has 1 unspecified atom stereocenters. The van der Waals surface area contributed by atoms with Crippen LogP contribution in [-0.4, -0.2) is 32.3 Å². The molecule has 0 radical (unpaired) electrons. The van der Waals surface area contributed by atoms with Crippen molar-refractivity contribution in [1.82, 2.24) is 19.7 Å². The highest BCUT2D eigenvalue weighted by atomic mass is 15.3. The summed E-state index contributed by atoms with van der Waals surface area (Å²) in [5.41, 5.74) is 3.94. The molecule has 3 aromatic rings. The van der Waals surface area contributed by atoms with Crippen molar-refractivity contribution in [3.63, 3.8) is 0 Å². The molecule has 3 heterocycles. The van der Waals surface area contributed by atoms with Gasteiger partial charge in [-0.05, 0) is 61.6 Å². The maximum absolute atomic E-state index is 4.49. The molecule has 0 spiro atoms. The van der Waals surface area contributed by atoms with Gasteiger partial charge in [0.15, 0.2) is 0 Å². The molecule has 1 saturated heterocycles. The summed E-state index contributed by atoms with van der Waals surface area (Å²) < 4.78 is 1.98. The molecule has 1 aromatic carbocycles. The Morgan fingerprint density at radius 3 is 2.67 bits per heavy atom. The first-order valence-corrected chi connectivity index (χ1v) is 10.1. The average molecular weight is 361 g/mol. The SMILES string of the molecule is c1ccc(CCC2CCCCN2Cc2cccc(Cn3cccn3)c2)nc1. The number of hydrogen-bond acceptors (Lipinski definition) is 3. The highest BCUT2D eigenvalue weighted by Crippen LogP contribution is 2.23. The van der Waals surface area contributed by atoms with Gasteiger partial charge in [0, 0.05) is 36.9 Å². The summed E-state index contributed by atoms with van der Waals surface area (Å²) in [6.07, 6.45) is 12.0. The van der Waals surface area contributed by atoms with Gasteiger partial charge in [0.05, 0.1) is 6.54 Å². The first kappa shape index (κ1) is 17.9. The van der Waals surface area contributed by atoms with Gasteiger partial charge in [-0.15, -0.1) is 0 Å². The molecule has 0 saturated carbocycles. The molecular weight excluding hydrogens is 332 g/mol. The standard InChI is InChI=1S/C23H28N4/c1-3-13-24-22(9-1)11-12-23-10-2-4-15-26(23)18-20-7-5-8-21(17-20)19-27-16-6-14-25-27/h1,3,5-9,13-14,16-17,23H,2,4,10-12,15,18-19H2. The van der Waals surface area contributed by atoms with Crippen LogP contribution in [0.3, 0.4) is 0 Å². The zero-order chi connectivity index (χ0) is 18.3. The molecule has 0 N–H and O–H groups in total. The van der Waals surface area contributed by atoms with Crippen molar-refractivity contribution in [2.24, 2.45) is 0 Å². The lowest BCUT2D eigenvalue weighted by molar-refractivity contribution is 0.132. The van der Waals surface area contributed by atoms with Crippen molar-refractivity contribution >= 4 is 0 Å². The lowest BCUT2D eigenvalue weighted by atomic mass is 9.96. The van der Waals surface area contributed by atoms with E-state index in [1.165, 1.54) is 49.0 Å². The quantitative estimate of drug-likeness (QED) is 0.629. The zero-order valence-electron chi connectivity index (χ0n) is 15.9. The largest absolute Gasteiger partial charge is 0.296 e. The maximum atomic E-state index is 4.49. The van der Waals surface area contributed by atoms with Gasteiger partial charge in [-0.3, -0.25) is 14.6 Å². The van der Waals surface area contributed by atoms with E-state index in [1.54, 1.807) is 0 Å². The molecular formula is C23H28N4. The van der Waals surface area contributed by atoms with E-state index in [4.69, 9.17) is 0 Å². The van der Waals surface area contributed by atoms with Crippen molar-refractivity contribution in [2.75, 3.05) is 6.54 Å². The van der Waals surface area contributed by atoms with E-state index in [1.807, 2.05) is 35.4 Å². The average Bonchev–Trinajstić information content (AvgIpc) is 3.21. The second kappa shape index (κ2) is 8.96.